The number of nitrogens with one attached hydrogen (secondary N) is 2. The van der Waals surface area contributed by atoms with Crippen molar-refractivity contribution in [2.24, 2.45) is 0 Å². The molecule has 0 saturated heterocycles. The van der Waals surface area contributed by atoms with Crippen LogP contribution in [0.3, 0.4) is 0 Å². The van der Waals surface area contributed by atoms with E-state index in [1.807, 2.05) is 24.3 Å². The molecule has 0 radical (unpaired) electrons. The number of aryl methyl sites for hydroxylation is 1. The van der Waals surface area contributed by atoms with E-state index < -0.39 is 0 Å². The summed E-state index contributed by atoms with van der Waals surface area (Å²) >= 11 is 0. The Morgan fingerprint density at radius 2 is 1.81 bits per heavy atom. The van der Waals surface area contributed by atoms with E-state index in [9.17, 15) is 4.79 Å². The van der Waals surface area contributed by atoms with Crippen LogP contribution in [0.15, 0.2) is 67.0 Å². The first-order chi connectivity index (χ1) is 13.2. The molecule has 0 atom stereocenters. The second kappa shape index (κ2) is 8.85. The van der Waals surface area contributed by atoms with Crippen LogP contribution in [0.1, 0.15) is 27.0 Å². The molecule has 0 aliphatic heterocycles. The fourth-order valence-corrected chi connectivity index (χ4v) is 2.70. The van der Waals surface area contributed by atoms with Crippen LogP contribution in [0.2, 0.25) is 0 Å². The van der Waals surface area contributed by atoms with Gasteiger partial charge >= 0.3 is 0 Å². The molecule has 0 spiro atoms. The van der Waals surface area contributed by atoms with Gasteiger partial charge in [-0.25, -0.2) is 0 Å². The number of aromatic nitrogens is 1. The van der Waals surface area contributed by atoms with Gasteiger partial charge in [0, 0.05) is 31.0 Å². The molecule has 1 amide bonds. The predicted molar refractivity (Wildman–Crippen MR) is 107 cm³/mol. The van der Waals surface area contributed by atoms with Gasteiger partial charge in [0.25, 0.3) is 5.91 Å². The van der Waals surface area contributed by atoms with Gasteiger partial charge in [0.05, 0.1) is 18.4 Å². The standard InChI is InChI=1S/C22H23N3O2/c1-16-7-9-17(10-8-16)12-24-20-11-19(13-23-15-20)22(26)25-14-18-5-3-4-6-21(18)27-2/h3-11,13,15,24H,12,14H2,1-2H3,(H,25,26). The van der Waals surface area contributed by atoms with Crippen molar-refractivity contribution in [2.75, 3.05) is 12.4 Å². The Morgan fingerprint density at radius 1 is 1.04 bits per heavy atom. The lowest BCUT2D eigenvalue weighted by atomic mass is 10.1. The number of carbonyl (C=O) groups excluding carboxylic acids is 1. The number of anilines is 1. The first-order valence-corrected chi connectivity index (χ1v) is 8.80. The van der Waals surface area contributed by atoms with Crippen LogP contribution in [-0.2, 0) is 13.1 Å². The quantitative estimate of drug-likeness (QED) is 0.669. The summed E-state index contributed by atoms with van der Waals surface area (Å²) < 4.78 is 5.31. The molecule has 138 valence electrons. The fraction of sp³-hybridized carbons (Fsp3) is 0.182. The summed E-state index contributed by atoms with van der Waals surface area (Å²) in [5.74, 6) is 0.580. The van der Waals surface area contributed by atoms with E-state index in [1.165, 1.54) is 11.1 Å². The maximum absolute atomic E-state index is 12.5. The lowest BCUT2D eigenvalue weighted by molar-refractivity contribution is 0.0950. The van der Waals surface area contributed by atoms with Crippen LogP contribution in [0.25, 0.3) is 0 Å². The second-order valence-electron chi connectivity index (χ2n) is 6.30. The fourth-order valence-electron chi connectivity index (χ4n) is 2.70. The normalized spacial score (nSPS) is 10.3. The first-order valence-electron chi connectivity index (χ1n) is 8.80. The van der Waals surface area contributed by atoms with Gasteiger partial charge in [0.2, 0.25) is 0 Å². The molecule has 0 bridgehead atoms. The zero-order valence-electron chi connectivity index (χ0n) is 15.5. The minimum absolute atomic E-state index is 0.174. The number of rotatable bonds is 7. The van der Waals surface area contributed by atoms with Crippen molar-refractivity contribution in [1.29, 1.82) is 0 Å². The number of nitrogens with zero attached hydrogens (tertiary/aromatic N) is 1. The van der Waals surface area contributed by atoms with Gasteiger partial charge in [0.15, 0.2) is 0 Å². The van der Waals surface area contributed by atoms with E-state index in [1.54, 1.807) is 25.6 Å². The number of hydrogen-bond acceptors (Lipinski definition) is 4. The lowest BCUT2D eigenvalue weighted by Crippen LogP contribution is -2.23. The molecule has 3 aromatic rings. The van der Waals surface area contributed by atoms with Crippen LogP contribution < -0.4 is 15.4 Å². The third-order valence-corrected chi connectivity index (χ3v) is 4.25. The molecule has 0 aliphatic rings. The molecule has 3 rings (SSSR count). The highest BCUT2D eigenvalue weighted by Gasteiger charge is 2.09. The van der Waals surface area contributed by atoms with Crippen molar-refractivity contribution >= 4 is 11.6 Å². The Hall–Kier alpha value is -3.34. The molecule has 0 aliphatic carbocycles. The molecule has 0 fully saturated rings. The highest BCUT2D eigenvalue weighted by molar-refractivity contribution is 5.94. The number of amides is 1. The molecule has 1 heterocycles. The van der Waals surface area contributed by atoms with Gasteiger partial charge in [-0.15, -0.1) is 0 Å². The van der Waals surface area contributed by atoms with Gasteiger partial charge < -0.3 is 15.4 Å². The Labute approximate surface area is 159 Å². The summed E-state index contributed by atoms with van der Waals surface area (Å²) in [6.45, 7) is 3.13. The van der Waals surface area contributed by atoms with Crippen molar-refractivity contribution in [2.45, 2.75) is 20.0 Å². The zero-order chi connectivity index (χ0) is 19.1. The summed E-state index contributed by atoms with van der Waals surface area (Å²) in [5, 5.41) is 6.22. The summed E-state index contributed by atoms with van der Waals surface area (Å²) in [5.41, 5.74) is 4.65. The summed E-state index contributed by atoms with van der Waals surface area (Å²) in [6, 6.07) is 17.7. The predicted octanol–water partition coefficient (Wildman–Crippen LogP) is 3.94. The van der Waals surface area contributed by atoms with E-state index in [0.717, 1.165) is 17.0 Å². The number of methoxy groups -OCH3 is 1. The van der Waals surface area contributed by atoms with Crippen LogP contribution in [-0.4, -0.2) is 18.0 Å². The highest BCUT2D eigenvalue weighted by Crippen LogP contribution is 2.17. The van der Waals surface area contributed by atoms with E-state index in [4.69, 9.17) is 4.74 Å². The minimum atomic E-state index is -0.174. The maximum Gasteiger partial charge on any atom is 0.253 e. The van der Waals surface area contributed by atoms with Gasteiger partial charge in [-0.1, -0.05) is 48.0 Å². The van der Waals surface area contributed by atoms with Crippen molar-refractivity contribution in [3.63, 3.8) is 0 Å². The third kappa shape index (κ3) is 5.07. The molecular weight excluding hydrogens is 338 g/mol. The average Bonchev–Trinajstić information content (AvgIpc) is 2.72. The molecule has 5 nitrogen and oxygen atoms in total. The molecule has 27 heavy (non-hydrogen) atoms. The SMILES string of the molecule is COc1ccccc1CNC(=O)c1cncc(NCc2ccc(C)cc2)c1. The average molecular weight is 361 g/mol. The van der Waals surface area contributed by atoms with Gasteiger partial charge in [-0.3, -0.25) is 9.78 Å². The Bertz CT molecular complexity index is 907. The number of pyridine rings is 1. The summed E-state index contributed by atoms with van der Waals surface area (Å²) in [4.78, 5) is 16.6. The first kappa shape index (κ1) is 18.5. The van der Waals surface area contributed by atoms with E-state index in [-0.39, 0.29) is 5.91 Å². The summed E-state index contributed by atoms with van der Waals surface area (Å²) in [6.07, 6.45) is 3.28. The number of ether oxygens (including phenoxy) is 1. The molecule has 2 N–H and O–H groups in total. The number of para-hydroxylation sites is 1. The van der Waals surface area contributed by atoms with Gasteiger partial charge in [0.1, 0.15) is 5.75 Å². The lowest BCUT2D eigenvalue weighted by Gasteiger charge is -2.11. The highest BCUT2D eigenvalue weighted by atomic mass is 16.5. The molecular formula is C22H23N3O2. The number of carbonyl (C=O) groups is 1. The summed E-state index contributed by atoms with van der Waals surface area (Å²) in [7, 11) is 1.62. The molecule has 0 unspecified atom stereocenters. The molecule has 2 aromatic carbocycles. The van der Waals surface area contributed by atoms with Crippen molar-refractivity contribution in [1.82, 2.24) is 10.3 Å². The van der Waals surface area contributed by atoms with Crippen LogP contribution in [0, 0.1) is 6.92 Å². The molecule has 0 saturated carbocycles. The van der Waals surface area contributed by atoms with Crippen LogP contribution in [0.5, 0.6) is 5.75 Å². The zero-order valence-corrected chi connectivity index (χ0v) is 15.5. The monoisotopic (exact) mass is 361 g/mol. The maximum atomic E-state index is 12.5. The smallest absolute Gasteiger partial charge is 0.253 e. The van der Waals surface area contributed by atoms with Gasteiger partial charge in [-0.2, -0.15) is 0 Å². The van der Waals surface area contributed by atoms with E-state index >= 15 is 0 Å². The largest absolute Gasteiger partial charge is 0.496 e. The molecule has 5 heteroatoms. The van der Waals surface area contributed by atoms with Gasteiger partial charge in [-0.05, 0) is 24.6 Å². The number of benzene rings is 2. The Kier molecular flexibility index (Phi) is 6.05. The van der Waals surface area contributed by atoms with E-state index in [0.29, 0.717) is 18.7 Å². The Morgan fingerprint density at radius 3 is 2.59 bits per heavy atom. The van der Waals surface area contributed by atoms with Crippen LogP contribution >= 0.6 is 0 Å². The van der Waals surface area contributed by atoms with Crippen molar-refractivity contribution < 1.29 is 9.53 Å². The number of hydrogen-bond donors (Lipinski definition) is 2. The van der Waals surface area contributed by atoms with Crippen molar-refractivity contribution in [3.05, 3.63) is 89.2 Å². The van der Waals surface area contributed by atoms with E-state index in [2.05, 4.69) is 46.8 Å². The second-order valence-corrected chi connectivity index (χ2v) is 6.30. The third-order valence-electron chi connectivity index (χ3n) is 4.25. The minimum Gasteiger partial charge on any atom is -0.496 e. The molecule has 1 aromatic heterocycles. The van der Waals surface area contributed by atoms with Crippen LogP contribution in [0.4, 0.5) is 5.69 Å². The Balaban J connectivity index is 1.60. The van der Waals surface area contributed by atoms with Crippen molar-refractivity contribution in [3.8, 4) is 5.75 Å². The topological polar surface area (TPSA) is 63.2 Å².